The average Bonchev–Trinajstić information content (AvgIpc) is 2.86. The summed E-state index contributed by atoms with van der Waals surface area (Å²) in [5.41, 5.74) is 0.766. The summed E-state index contributed by atoms with van der Waals surface area (Å²) in [4.78, 5) is 68.5. The van der Waals surface area contributed by atoms with Crippen LogP contribution in [0.25, 0.3) is 0 Å². The summed E-state index contributed by atoms with van der Waals surface area (Å²) in [6, 6.07) is 12.6. The summed E-state index contributed by atoms with van der Waals surface area (Å²) in [5, 5.41) is 21.9. The molecular formula is C24H16N2O8PtS2. The van der Waals surface area contributed by atoms with Gasteiger partial charge in [-0.2, -0.15) is 0 Å². The third-order valence-electron chi connectivity index (χ3n) is 4.99. The first-order valence-corrected chi connectivity index (χ1v) is 11.0. The van der Waals surface area contributed by atoms with Crippen molar-refractivity contribution in [3.63, 3.8) is 0 Å². The van der Waals surface area contributed by atoms with Crippen molar-refractivity contribution in [1.82, 2.24) is 10.6 Å². The predicted octanol–water partition coefficient (Wildman–Crippen LogP) is 0.994. The Morgan fingerprint density at radius 1 is 0.595 bits per heavy atom. The van der Waals surface area contributed by atoms with Crippen LogP contribution in [0.1, 0.15) is 41.4 Å². The maximum atomic E-state index is 12.1. The molecule has 192 valence electrons. The van der Waals surface area contributed by atoms with Crippen molar-refractivity contribution < 1.29 is 60.0 Å². The van der Waals surface area contributed by atoms with Crippen LogP contribution in [0.3, 0.4) is 0 Å². The number of Topliss-reactive ketones (excluding diaryl/α,β-unsaturated/α-hetero) is 4. The normalized spacial score (nSPS) is 14.1. The molecule has 0 aliphatic heterocycles. The first kappa shape index (κ1) is 29.5. The van der Waals surface area contributed by atoms with E-state index in [1.54, 1.807) is 24.3 Å². The number of hydrogen-bond acceptors (Lipinski definition) is 10. The van der Waals surface area contributed by atoms with Gasteiger partial charge in [0.1, 0.15) is 13.1 Å². The summed E-state index contributed by atoms with van der Waals surface area (Å²) in [7, 11) is 0. The van der Waals surface area contributed by atoms with Crippen LogP contribution in [0.4, 0.5) is 0 Å². The van der Waals surface area contributed by atoms with Crippen molar-refractivity contribution in [2.24, 2.45) is 0 Å². The Kier molecular flexibility index (Phi) is 9.95. The van der Waals surface area contributed by atoms with Crippen molar-refractivity contribution in [2.75, 3.05) is 13.1 Å². The fraction of sp³-hybridized carbons (Fsp3) is 0.0833. The molecule has 37 heavy (non-hydrogen) atoms. The van der Waals surface area contributed by atoms with E-state index in [9.17, 15) is 28.8 Å². The number of ketones is 4. The van der Waals surface area contributed by atoms with Gasteiger partial charge in [0.15, 0.2) is 11.6 Å². The number of nitrogens with one attached hydrogen (secondary N) is 2. The fourth-order valence-electron chi connectivity index (χ4n) is 3.35. The van der Waals surface area contributed by atoms with E-state index in [2.05, 4.69) is 10.6 Å². The van der Waals surface area contributed by atoms with Gasteiger partial charge in [0, 0.05) is 22.3 Å². The van der Waals surface area contributed by atoms with Crippen molar-refractivity contribution in [3.05, 3.63) is 92.0 Å². The molecule has 4 rings (SSSR count). The molecule has 0 aromatic heterocycles. The maximum absolute atomic E-state index is 12.1. The minimum atomic E-state index is -1.13. The van der Waals surface area contributed by atoms with Crippen molar-refractivity contribution in [2.45, 2.75) is 0 Å². The van der Waals surface area contributed by atoms with E-state index >= 15 is 0 Å². The number of allylic oxidation sites excluding steroid dienone is 4. The molecule has 0 fully saturated rings. The summed E-state index contributed by atoms with van der Waals surface area (Å²) < 4.78 is 0. The van der Waals surface area contributed by atoms with E-state index in [0.29, 0.717) is 0 Å². The standard InChI is InChI=1S/2C12H9NO4S.Pt/c2*14-8(15)5-13-9-10(16)6-3-1-2-4-7(6)11(17)12(9)18;/h2*1-4,13,18H,5H2,(H,14,15);/q;;+2/p-2. The van der Waals surface area contributed by atoms with Crippen molar-refractivity contribution >= 4 is 60.3 Å². The van der Waals surface area contributed by atoms with Gasteiger partial charge in [0.25, 0.3) is 0 Å². The molecule has 0 radical (unpaired) electrons. The Morgan fingerprint density at radius 3 is 1.14 bits per heavy atom. The Bertz CT molecular complexity index is 1300. The quantitative estimate of drug-likeness (QED) is 0.314. The number of carbonyl (C=O) groups excluding carboxylic acids is 4. The van der Waals surface area contributed by atoms with Crippen LogP contribution < -0.4 is 10.6 Å². The molecule has 0 unspecified atom stereocenters. The Hall–Kier alpha value is -3.73. The van der Waals surface area contributed by atoms with Gasteiger partial charge in [0.05, 0.1) is 11.4 Å². The SMILES string of the molecule is O=C(O)CNC1=C([S-])C(=O)c2ccccc2C1=O.O=C(O)CNC1=C([S-])C(=O)c2ccccc2C1=O.[Pt+2]. The minimum absolute atomic E-state index is 0. The minimum Gasteiger partial charge on any atom is -0.774 e. The topological polar surface area (TPSA) is 167 Å². The Labute approximate surface area is 235 Å². The van der Waals surface area contributed by atoms with Crippen molar-refractivity contribution in [1.29, 1.82) is 0 Å². The predicted molar refractivity (Wildman–Crippen MR) is 130 cm³/mol. The van der Waals surface area contributed by atoms with Crippen LogP contribution >= 0.6 is 0 Å². The molecule has 2 aliphatic rings. The first-order valence-electron chi connectivity index (χ1n) is 10.1. The second kappa shape index (κ2) is 12.5. The van der Waals surface area contributed by atoms with Crippen LogP contribution in [0, 0.1) is 0 Å². The molecule has 0 bridgehead atoms. The average molecular weight is 720 g/mol. The largest absolute Gasteiger partial charge is 2.00 e. The first-order chi connectivity index (χ1) is 17.0. The number of aliphatic carboxylic acids is 2. The maximum Gasteiger partial charge on any atom is 2.00 e. The zero-order valence-corrected chi connectivity index (χ0v) is 22.4. The van der Waals surface area contributed by atoms with E-state index in [0.717, 1.165) is 0 Å². The van der Waals surface area contributed by atoms with E-state index in [4.69, 9.17) is 35.5 Å². The van der Waals surface area contributed by atoms with Gasteiger partial charge in [-0.15, -0.1) is 0 Å². The van der Waals surface area contributed by atoms with Gasteiger partial charge in [0.2, 0.25) is 11.6 Å². The van der Waals surface area contributed by atoms with Gasteiger partial charge >= 0.3 is 33.0 Å². The summed E-state index contributed by atoms with van der Waals surface area (Å²) in [5.74, 6) is -4.04. The monoisotopic (exact) mass is 719 g/mol. The molecule has 0 spiro atoms. The van der Waals surface area contributed by atoms with Gasteiger partial charge in [-0.3, -0.25) is 28.8 Å². The number of benzene rings is 2. The molecule has 4 N–H and O–H groups in total. The molecule has 0 saturated carbocycles. The van der Waals surface area contributed by atoms with Gasteiger partial charge in [-0.1, -0.05) is 58.3 Å². The molecule has 0 amide bonds. The molecule has 2 aliphatic carbocycles. The smallest absolute Gasteiger partial charge is 0.774 e. The van der Waals surface area contributed by atoms with E-state index in [1.165, 1.54) is 24.3 Å². The van der Waals surface area contributed by atoms with E-state index in [-0.39, 0.29) is 64.5 Å². The molecule has 0 saturated heterocycles. The second-order valence-electron chi connectivity index (χ2n) is 7.31. The third kappa shape index (κ3) is 6.34. The molecule has 0 heterocycles. The van der Waals surface area contributed by atoms with E-state index in [1.807, 2.05) is 0 Å². The molecule has 2 aromatic rings. The van der Waals surface area contributed by atoms with Crippen LogP contribution in [0.5, 0.6) is 0 Å². The summed E-state index contributed by atoms with van der Waals surface area (Å²) in [6.07, 6.45) is 0. The van der Waals surface area contributed by atoms with E-state index < -0.39 is 48.2 Å². The van der Waals surface area contributed by atoms with Crippen LogP contribution in [-0.4, -0.2) is 58.4 Å². The number of fused-ring (bicyclic) bond motifs is 2. The number of carboxylic acid groups (broad SMARTS) is 2. The number of hydrogen-bond donors (Lipinski definition) is 4. The second-order valence-corrected chi connectivity index (χ2v) is 8.13. The Balaban J connectivity index is 0.000000253. The third-order valence-corrected chi connectivity index (χ3v) is 5.77. The van der Waals surface area contributed by atoms with Crippen LogP contribution in [-0.2, 0) is 55.9 Å². The molecular weight excluding hydrogens is 703 g/mol. The van der Waals surface area contributed by atoms with Crippen LogP contribution in [0.2, 0.25) is 0 Å². The Morgan fingerprint density at radius 2 is 0.865 bits per heavy atom. The number of carboxylic acids is 2. The van der Waals surface area contributed by atoms with Crippen LogP contribution in [0.15, 0.2) is 69.7 Å². The summed E-state index contributed by atoms with van der Waals surface area (Å²) in [6.45, 7) is -0.923. The van der Waals surface area contributed by atoms with Gasteiger partial charge in [-0.25, -0.2) is 0 Å². The zero-order chi connectivity index (χ0) is 26.6. The fourth-order valence-corrected chi connectivity index (χ4v) is 3.90. The molecule has 0 atom stereocenters. The number of rotatable bonds is 6. The molecule has 10 nitrogen and oxygen atoms in total. The van der Waals surface area contributed by atoms with Crippen molar-refractivity contribution in [3.8, 4) is 0 Å². The zero-order valence-electron chi connectivity index (χ0n) is 18.5. The summed E-state index contributed by atoms with van der Waals surface area (Å²) >= 11 is 9.78. The molecule has 13 heteroatoms. The molecule has 2 aromatic carbocycles. The number of carbonyl (C=O) groups is 6. The van der Waals surface area contributed by atoms with Gasteiger partial charge < -0.3 is 46.1 Å². The van der Waals surface area contributed by atoms with Gasteiger partial charge in [-0.05, 0) is 0 Å².